The molecule has 32 heavy (non-hydrogen) atoms. The van der Waals surface area contributed by atoms with Crippen LogP contribution in [0.15, 0.2) is 84.9 Å². The molecule has 0 aliphatic carbocycles. The molecule has 0 aromatic heterocycles. The van der Waals surface area contributed by atoms with Crippen LogP contribution in [-0.2, 0) is 9.59 Å². The van der Waals surface area contributed by atoms with Crippen molar-refractivity contribution >= 4 is 35.3 Å². The number of carbonyl (C=O) groups excluding carboxylic acids is 2. The molecule has 3 aromatic rings. The average Bonchev–Trinajstić information content (AvgIpc) is 2.82. The highest BCUT2D eigenvalue weighted by Crippen LogP contribution is 2.16. The van der Waals surface area contributed by atoms with Crippen LogP contribution in [-0.4, -0.2) is 11.8 Å². The summed E-state index contributed by atoms with van der Waals surface area (Å²) in [5.74, 6) is -0.733. The van der Waals surface area contributed by atoms with Crippen LogP contribution in [0.5, 0.6) is 0 Å². The van der Waals surface area contributed by atoms with Gasteiger partial charge in [0.05, 0.1) is 23.3 Å². The molecule has 0 aliphatic rings. The highest BCUT2D eigenvalue weighted by atomic mass is 16.2. The van der Waals surface area contributed by atoms with Crippen LogP contribution in [0.25, 0.3) is 12.2 Å². The van der Waals surface area contributed by atoms with Crippen LogP contribution in [0.3, 0.4) is 0 Å². The third-order valence-electron chi connectivity index (χ3n) is 4.39. The van der Waals surface area contributed by atoms with E-state index in [2.05, 4.69) is 22.8 Å². The molecule has 0 radical (unpaired) electrons. The molecule has 0 aliphatic heterocycles. The van der Waals surface area contributed by atoms with Crippen LogP contribution in [0.4, 0.5) is 11.4 Å². The van der Waals surface area contributed by atoms with Crippen molar-refractivity contribution < 1.29 is 9.59 Å². The minimum Gasteiger partial charge on any atom is -0.322 e. The number of hydrogen-bond donors (Lipinski definition) is 2. The second kappa shape index (κ2) is 10.7. The zero-order valence-electron chi connectivity index (χ0n) is 16.9. The summed E-state index contributed by atoms with van der Waals surface area (Å²) < 4.78 is 0. The highest BCUT2D eigenvalue weighted by Gasteiger charge is 2.04. The average molecular weight is 418 g/mol. The summed E-state index contributed by atoms with van der Waals surface area (Å²) in [4.78, 5) is 24.5. The number of nitriles is 2. The minimum atomic E-state index is -0.366. The fraction of sp³-hybridized carbons (Fsp3) is 0. The Hall–Kier alpha value is -4.94. The van der Waals surface area contributed by atoms with E-state index in [0.29, 0.717) is 33.6 Å². The summed E-state index contributed by atoms with van der Waals surface area (Å²) >= 11 is 0. The smallest absolute Gasteiger partial charge is 0.248 e. The summed E-state index contributed by atoms with van der Waals surface area (Å²) in [6.45, 7) is 0. The van der Waals surface area contributed by atoms with Crippen molar-refractivity contribution in [3.63, 3.8) is 0 Å². The molecule has 2 N–H and O–H groups in total. The van der Waals surface area contributed by atoms with E-state index in [4.69, 9.17) is 10.5 Å². The molecule has 154 valence electrons. The first-order valence-corrected chi connectivity index (χ1v) is 9.65. The number of hydrogen-bond acceptors (Lipinski definition) is 4. The summed E-state index contributed by atoms with van der Waals surface area (Å²) in [7, 11) is 0. The lowest BCUT2D eigenvalue weighted by molar-refractivity contribution is -0.112. The molecule has 0 bridgehead atoms. The molecular weight excluding hydrogens is 400 g/mol. The summed E-state index contributed by atoms with van der Waals surface area (Å²) in [5, 5.41) is 23.7. The molecule has 6 heteroatoms. The van der Waals surface area contributed by atoms with Crippen LogP contribution < -0.4 is 10.6 Å². The van der Waals surface area contributed by atoms with Crippen molar-refractivity contribution in [2.45, 2.75) is 0 Å². The first-order valence-electron chi connectivity index (χ1n) is 9.65. The van der Waals surface area contributed by atoms with Gasteiger partial charge in [-0.15, -0.1) is 0 Å². The largest absolute Gasteiger partial charge is 0.322 e. The third-order valence-corrected chi connectivity index (χ3v) is 4.39. The lowest BCUT2D eigenvalue weighted by Crippen LogP contribution is -2.10. The van der Waals surface area contributed by atoms with Gasteiger partial charge in [0.25, 0.3) is 0 Å². The van der Waals surface area contributed by atoms with E-state index in [1.165, 1.54) is 12.2 Å². The number of anilines is 2. The van der Waals surface area contributed by atoms with Gasteiger partial charge in [-0.2, -0.15) is 10.5 Å². The molecule has 3 rings (SSSR count). The van der Waals surface area contributed by atoms with Crippen LogP contribution in [0, 0.1) is 22.7 Å². The minimum absolute atomic E-state index is 0.366. The molecular formula is C26H18N4O2. The number of carbonyl (C=O) groups is 2. The van der Waals surface area contributed by atoms with Crippen LogP contribution >= 0.6 is 0 Å². The molecule has 0 saturated heterocycles. The van der Waals surface area contributed by atoms with Gasteiger partial charge in [0, 0.05) is 23.5 Å². The van der Waals surface area contributed by atoms with E-state index in [0.717, 1.165) is 0 Å². The number of rotatable bonds is 6. The molecule has 3 aromatic carbocycles. The van der Waals surface area contributed by atoms with Gasteiger partial charge >= 0.3 is 0 Å². The Morgan fingerprint density at radius 2 is 1.09 bits per heavy atom. The van der Waals surface area contributed by atoms with Crippen molar-refractivity contribution in [1.82, 2.24) is 0 Å². The molecule has 0 atom stereocenters. The van der Waals surface area contributed by atoms with E-state index in [1.807, 2.05) is 0 Å². The topological polar surface area (TPSA) is 106 Å². The fourth-order valence-corrected chi connectivity index (χ4v) is 2.86. The number of benzene rings is 3. The van der Waals surface area contributed by atoms with E-state index >= 15 is 0 Å². The molecule has 2 amide bonds. The first kappa shape index (κ1) is 21.8. The maximum Gasteiger partial charge on any atom is 0.248 e. The molecule has 0 spiro atoms. The van der Waals surface area contributed by atoms with Gasteiger partial charge in [0.1, 0.15) is 0 Å². The number of amides is 2. The van der Waals surface area contributed by atoms with Crippen molar-refractivity contribution in [3.05, 3.63) is 107 Å². The number of nitrogens with one attached hydrogen (secondary N) is 2. The number of nitrogens with zero attached hydrogens (tertiary/aromatic N) is 2. The Labute approximate surface area is 185 Å². The highest BCUT2D eigenvalue weighted by molar-refractivity contribution is 6.04. The van der Waals surface area contributed by atoms with Crippen molar-refractivity contribution in [3.8, 4) is 12.1 Å². The molecule has 0 heterocycles. The van der Waals surface area contributed by atoms with Crippen molar-refractivity contribution in [1.29, 1.82) is 10.5 Å². The van der Waals surface area contributed by atoms with Crippen LogP contribution in [0.2, 0.25) is 0 Å². The van der Waals surface area contributed by atoms with Gasteiger partial charge in [-0.3, -0.25) is 9.59 Å². The molecule has 0 unspecified atom stereocenters. The van der Waals surface area contributed by atoms with Gasteiger partial charge in [-0.1, -0.05) is 42.5 Å². The Morgan fingerprint density at radius 3 is 1.53 bits per heavy atom. The maximum atomic E-state index is 12.2. The second-order valence-electron chi connectivity index (χ2n) is 6.62. The zero-order valence-corrected chi connectivity index (χ0v) is 16.9. The van der Waals surface area contributed by atoms with Crippen molar-refractivity contribution in [2.24, 2.45) is 0 Å². The Bertz CT molecular complexity index is 1200. The normalized spacial score (nSPS) is 10.4. The monoisotopic (exact) mass is 418 g/mol. The Morgan fingerprint density at radius 1 is 0.656 bits per heavy atom. The lowest BCUT2D eigenvalue weighted by Gasteiger charge is -2.06. The van der Waals surface area contributed by atoms with Crippen molar-refractivity contribution in [2.75, 3.05) is 10.6 Å². The Kier molecular flexibility index (Phi) is 7.29. The predicted molar refractivity (Wildman–Crippen MR) is 124 cm³/mol. The fourth-order valence-electron chi connectivity index (χ4n) is 2.86. The quantitative estimate of drug-likeness (QED) is 0.564. The molecule has 0 saturated carbocycles. The lowest BCUT2D eigenvalue weighted by atomic mass is 10.1. The van der Waals surface area contributed by atoms with E-state index in [-0.39, 0.29) is 11.8 Å². The second-order valence-corrected chi connectivity index (χ2v) is 6.62. The molecule has 0 fully saturated rings. The third kappa shape index (κ3) is 6.03. The van der Waals surface area contributed by atoms with E-state index in [1.54, 1.807) is 84.9 Å². The standard InChI is InChI=1S/C26H18N4O2/c27-17-21-8-3-1-6-19(21)12-14-25(31)29-23-10-5-11-24(16-23)30-26(32)15-13-20-7-2-4-9-22(20)18-28/h1-16H,(H,29,31)(H,30,32)/b14-12+,15-13+. The first-order chi connectivity index (χ1) is 15.6. The van der Waals surface area contributed by atoms with E-state index in [9.17, 15) is 9.59 Å². The SMILES string of the molecule is N#Cc1ccccc1/C=C/C(=O)Nc1cccc(NC(=O)/C=C/c2ccccc2C#N)c1. The van der Waals surface area contributed by atoms with Gasteiger partial charge < -0.3 is 10.6 Å². The predicted octanol–water partition coefficient (Wildman–Crippen LogP) is 4.73. The maximum absolute atomic E-state index is 12.2. The summed E-state index contributed by atoms with van der Waals surface area (Å²) in [6.07, 6.45) is 5.83. The van der Waals surface area contributed by atoms with E-state index < -0.39 is 0 Å². The van der Waals surface area contributed by atoms with Gasteiger partial charge in [-0.25, -0.2) is 0 Å². The van der Waals surface area contributed by atoms with Gasteiger partial charge in [0.2, 0.25) is 11.8 Å². The zero-order chi connectivity index (χ0) is 22.8. The van der Waals surface area contributed by atoms with Gasteiger partial charge in [-0.05, 0) is 53.6 Å². The molecule has 6 nitrogen and oxygen atoms in total. The van der Waals surface area contributed by atoms with Gasteiger partial charge in [0.15, 0.2) is 0 Å². The Balaban J connectivity index is 1.62. The van der Waals surface area contributed by atoms with Crippen LogP contribution in [0.1, 0.15) is 22.3 Å². The summed E-state index contributed by atoms with van der Waals surface area (Å²) in [5.41, 5.74) is 3.26. The summed E-state index contributed by atoms with van der Waals surface area (Å²) in [6, 6.07) is 24.8.